The molecule has 1 N–H and O–H groups in total. The molecule has 0 radical (unpaired) electrons. The van der Waals surface area contributed by atoms with Crippen LogP contribution < -0.4 is 0 Å². The molecule has 2 rings (SSSR count). The van der Waals surface area contributed by atoms with E-state index in [4.69, 9.17) is 0 Å². The van der Waals surface area contributed by atoms with E-state index in [1.807, 2.05) is 24.1 Å². The zero-order chi connectivity index (χ0) is 15.1. The van der Waals surface area contributed by atoms with Crippen molar-refractivity contribution in [2.75, 3.05) is 6.54 Å². The van der Waals surface area contributed by atoms with Gasteiger partial charge >= 0.3 is 0 Å². The quantitative estimate of drug-likeness (QED) is 0.785. The van der Waals surface area contributed by atoms with E-state index < -0.39 is 0 Å². The molecule has 4 heteroatoms. The number of nitrogens with zero attached hydrogens (tertiary/aromatic N) is 2. The molecule has 0 aliphatic carbocycles. The van der Waals surface area contributed by atoms with Crippen molar-refractivity contribution in [3.8, 4) is 0 Å². The number of rotatable bonds is 7. The summed E-state index contributed by atoms with van der Waals surface area (Å²) >= 11 is 0. The maximum Gasteiger partial charge on any atom is 0.223 e. The Morgan fingerprint density at radius 3 is 3.10 bits per heavy atom. The smallest absolute Gasteiger partial charge is 0.223 e. The second-order valence-electron chi connectivity index (χ2n) is 5.84. The SMILES string of the molecule is CC[C@H](O)CCCCC(=O)N1CCC[C@@H]1c1cccnc1. The van der Waals surface area contributed by atoms with Gasteiger partial charge in [0.05, 0.1) is 12.1 Å². The highest BCUT2D eigenvalue weighted by Gasteiger charge is 2.29. The zero-order valence-electron chi connectivity index (χ0n) is 12.9. The van der Waals surface area contributed by atoms with Gasteiger partial charge in [0.25, 0.3) is 0 Å². The van der Waals surface area contributed by atoms with Gasteiger partial charge in [-0.2, -0.15) is 0 Å². The van der Waals surface area contributed by atoms with E-state index in [0.717, 1.165) is 50.6 Å². The molecule has 0 bridgehead atoms. The molecule has 1 aromatic heterocycles. The van der Waals surface area contributed by atoms with Crippen molar-refractivity contribution in [3.63, 3.8) is 0 Å². The van der Waals surface area contributed by atoms with Crippen LogP contribution in [0.5, 0.6) is 0 Å². The van der Waals surface area contributed by atoms with Crippen molar-refractivity contribution < 1.29 is 9.90 Å². The molecule has 0 aromatic carbocycles. The fourth-order valence-electron chi connectivity index (χ4n) is 2.99. The molecule has 1 amide bonds. The van der Waals surface area contributed by atoms with Crippen LogP contribution in [0.3, 0.4) is 0 Å². The molecule has 1 aliphatic rings. The van der Waals surface area contributed by atoms with Gasteiger partial charge in [0.1, 0.15) is 0 Å². The van der Waals surface area contributed by atoms with Crippen molar-refractivity contribution in [3.05, 3.63) is 30.1 Å². The maximum atomic E-state index is 12.4. The summed E-state index contributed by atoms with van der Waals surface area (Å²) in [5.74, 6) is 0.243. The normalized spacial score (nSPS) is 19.7. The number of aliphatic hydroxyl groups is 1. The molecule has 2 atom stereocenters. The first kappa shape index (κ1) is 16.0. The lowest BCUT2D eigenvalue weighted by Crippen LogP contribution is -2.30. The lowest BCUT2D eigenvalue weighted by Gasteiger charge is -2.25. The molecule has 2 heterocycles. The Labute approximate surface area is 127 Å². The Morgan fingerprint density at radius 1 is 1.52 bits per heavy atom. The van der Waals surface area contributed by atoms with Crippen molar-refractivity contribution >= 4 is 5.91 Å². The minimum Gasteiger partial charge on any atom is -0.393 e. The summed E-state index contributed by atoms with van der Waals surface area (Å²) < 4.78 is 0. The number of pyridine rings is 1. The van der Waals surface area contributed by atoms with Gasteiger partial charge in [-0.25, -0.2) is 0 Å². The standard InChI is InChI=1S/C17H26N2O2/c1-2-15(20)8-3-4-10-17(21)19-12-6-9-16(19)14-7-5-11-18-13-14/h5,7,11,13,15-16,20H,2-4,6,8-10,12H2,1H3/t15-,16+/m0/s1. The van der Waals surface area contributed by atoms with Gasteiger partial charge in [-0.1, -0.05) is 19.4 Å². The van der Waals surface area contributed by atoms with Crippen LogP contribution in [0.25, 0.3) is 0 Å². The first-order chi connectivity index (χ1) is 10.2. The summed E-state index contributed by atoms with van der Waals surface area (Å²) in [5, 5.41) is 9.52. The van der Waals surface area contributed by atoms with Crippen LogP contribution in [0.2, 0.25) is 0 Å². The number of unbranched alkanes of at least 4 members (excludes halogenated alkanes) is 1. The first-order valence-electron chi connectivity index (χ1n) is 8.09. The third-order valence-electron chi connectivity index (χ3n) is 4.29. The number of likely N-dealkylation sites (tertiary alicyclic amines) is 1. The second kappa shape index (κ2) is 8.13. The van der Waals surface area contributed by atoms with Gasteiger partial charge in [-0.15, -0.1) is 0 Å². The fourth-order valence-corrected chi connectivity index (χ4v) is 2.99. The maximum absolute atomic E-state index is 12.4. The van der Waals surface area contributed by atoms with Crippen LogP contribution in [0.4, 0.5) is 0 Å². The Balaban J connectivity index is 1.81. The highest BCUT2D eigenvalue weighted by molar-refractivity contribution is 5.77. The summed E-state index contributed by atoms with van der Waals surface area (Å²) in [6.45, 7) is 2.84. The van der Waals surface area contributed by atoms with E-state index in [9.17, 15) is 9.90 Å². The van der Waals surface area contributed by atoms with Crippen LogP contribution in [-0.4, -0.2) is 33.5 Å². The fraction of sp³-hybridized carbons (Fsp3) is 0.647. The van der Waals surface area contributed by atoms with Crippen LogP contribution in [-0.2, 0) is 4.79 Å². The van der Waals surface area contributed by atoms with Crippen LogP contribution in [0, 0.1) is 0 Å². The van der Waals surface area contributed by atoms with Crippen LogP contribution in [0.1, 0.15) is 63.5 Å². The molecule has 116 valence electrons. The Kier molecular flexibility index (Phi) is 6.18. The molecule has 1 aliphatic heterocycles. The second-order valence-corrected chi connectivity index (χ2v) is 5.84. The highest BCUT2D eigenvalue weighted by atomic mass is 16.3. The van der Waals surface area contributed by atoms with Gasteiger partial charge in [-0.05, 0) is 43.7 Å². The number of amides is 1. The van der Waals surface area contributed by atoms with Gasteiger partial charge in [0.15, 0.2) is 0 Å². The van der Waals surface area contributed by atoms with Crippen molar-refractivity contribution in [1.29, 1.82) is 0 Å². The Morgan fingerprint density at radius 2 is 2.38 bits per heavy atom. The summed E-state index contributed by atoms with van der Waals surface area (Å²) in [6.07, 6.45) is 9.50. The molecular weight excluding hydrogens is 264 g/mol. The largest absolute Gasteiger partial charge is 0.393 e. The Hall–Kier alpha value is -1.42. The molecule has 1 fully saturated rings. The molecule has 0 saturated carbocycles. The number of hydrogen-bond donors (Lipinski definition) is 1. The molecule has 1 aromatic rings. The first-order valence-corrected chi connectivity index (χ1v) is 8.09. The molecule has 4 nitrogen and oxygen atoms in total. The average molecular weight is 290 g/mol. The van der Waals surface area contributed by atoms with E-state index in [0.29, 0.717) is 6.42 Å². The summed E-state index contributed by atoms with van der Waals surface area (Å²) in [7, 11) is 0. The average Bonchev–Trinajstić information content (AvgIpc) is 3.01. The molecule has 21 heavy (non-hydrogen) atoms. The third-order valence-corrected chi connectivity index (χ3v) is 4.29. The van der Waals surface area contributed by atoms with Gasteiger partial charge in [0, 0.05) is 25.4 Å². The monoisotopic (exact) mass is 290 g/mol. The molecule has 1 saturated heterocycles. The van der Waals surface area contributed by atoms with E-state index >= 15 is 0 Å². The van der Waals surface area contributed by atoms with Gasteiger partial charge < -0.3 is 10.0 Å². The highest BCUT2D eigenvalue weighted by Crippen LogP contribution is 2.32. The number of hydrogen-bond acceptors (Lipinski definition) is 3. The molecule has 0 spiro atoms. The number of carbonyl (C=O) groups excluding carboxylic acids is 1. The third kappa shape index (κ3) is 4.53. The van der Waals surface area contributed by atoms with Crippen molar-refractivity contribution in [2.24, 2.45) is 0 Å². The van der Waals surface area contributed by atoms with Crippen LogP contribution in [0.15, 0.2) is 24.5 Å². The van der Waals surface area contributed by atoms with Crippen molar-refractivity contribution in [1.82, 2.24) is 9.88 Å². The van der Waals surface area contributed by atoms with E-state index in [1.54, 1.807) is 6.20 Å². The van der Waals surface area contributed by atoms with E-state index in [-0.39, 0.29) is 18.1 Å². The van der Waals surface area contributed by atoms with E-state index in [1.165, 1.54) is 0 Å². The molecule has 0 unspecified atom stereocenters. The summed E-state index contributed by atoms with van der Waals surface area (Å²) in [6, 6.07) is 4.19. The van der Waals surface area contributed by atoms with Crippen LogP contribution >= 0.6 is 0 Å². The topological polar surface area (TPSA) is 53.4 Å². The molecular formula is C17H26N2O2. The number of aromatic nitrogens is 1. The predicted molar refractivity (Wildman–Crippen MR) is 82.7 cm³/mol. The zero-order valence-corrected chi connectivity index (χ0v) is 12.9. The summed E-state index contributed by atoms with van der Waals surface area (Å²) in [5.41, 5.74) is 1.14. The predicted octanol–water partition coefficient (Wildman–Crippen LogP) is 3.08. The van der Waals surface area contributed by atoms with Crippen molar-refractivity contribution in [2.45, 2.75) is 64.0 Å². The van der Waals surface area contributed by atoms with E-state index in [2.05, 4.69) is 11.1 Å². The summed E-state index contributed by atoms with van der Waals surface area (Å²) in [4.78, 5) is 18.6. The minimum absolute atomic E-state index is 0.201. The van der Waals surface area contributed by atoms with Gasteiger partial charge in [-0.3, -0.25) is 9.78 Å². The Bertz CT molecular complexity index is 436. The minimum atomic E-state index is -0.213. The number of aliphatic hydroxyl groups excluding tert-OH is 1. The lowest BCUT2D eigenvalue weighted by molar-refractivity contribution is -0.132. The number of carbonyl (C=O) groups is 1. The van der Waals surface area contributed by atoms with Gasteiger partial charge in [0.2, 0.25) is 5.91 Å². The lowest BCUT2D eigenvalue weighted by atomic mass is 10.1.